The molecule has 0 radical (unpaired) electrons. The highest BCUT2D eigenvalue weighted by atomic mass is 16.2. The lowest BCUT2D eigenvalue weighted by Crippen LogP contribution is -2.50. The van der Waals surface area contributed by atoms with E-state index in [0.29, 0.717) is 18.0 Å². The first-order valence-electron chi connectivity index (χ1n) is 8.93. The molecule has 0 saturated carbocycles. The Morgan fingerprint density at radius 3 is 2.15 bits per heavy atom. The van der Waals surface area contributed by atoms with Gasteiger partial charge in [-0.2, -0.15) is 0 Å². The van der Waals surface area contributed by atoms with E-state index in [1.807, 2.05) is 31.2 Å². The van der Waals surface area contributed by atoms with Gasteiger partial charge in [-0.3, -0.25) is 19.2 Å². The van der Waals surface area contributed by atoms with Crippen LogP contribution in [-0.4, -0.2) is 15.2 Å². The Kier molecular flexibility index (Phi) is 4.71. The summed E-state index contributed by atoms with van der Waals surface area (Å²) >= 11 is 0. The van der Waals surface area contributed by atoms with Crippen LogP contribution in [-0.2, 0) is 13.1 Å². The van der Waals surface area contributed by atoms with Gasteiger partial charge < -0.3 is 5.32 Å². The van der Waals surface area contributed by atoms with Crippen LogP contribution in [0, 0.1) is 0 Å². The summed E-state index contributed by atoms with van der Waals surface area (Å²) in [4.78, 5) is 37.7. The van der Waals surface area contributed by atoms with Gasteiger partial charge in [0.25, 0.3) is 5.56 Å². The molecule has 0 spiro atoms. The molecule has 7 heteroatoms. The highest BCUT2D eigenvalue weighted by molar-refractivity contribution is 5.92. The lowest BCUT2D eigenvalue weighted by molar-refractivity contribution is 0.248. The summed E-state index contributed by atoms with van der Waals surface area (Å²) in [6, 6.07) is 6.83. The van der Waals surface area contributed by atoms with Crippen LogP contribution in [0.4, 0.5) is 10.6 Å². The molecule has 1 unspecified atom stereocenters. The van der Waals surface area contributed by atoms with Crippen molar-refractivity contribution in [3.63, 3.8) is 0 Å². The van der Waals surface area contributed by atoms with Gasteiger partial charge in [0.15, 0.2) is 0 Å². The van der Waals surface area contributed by atoms with E-state index < -0.39 is 17.8 Å². The number of fused-ring (bicyclic) bond motifs is 1. The number of anilines is 1. The number of nitrogens with one attached hydrogen (secondary N) is 2. The predicted octanol–water partition coefficient (Wildman–Crippen LogP) is 2.40. The van der Waals surface area contributed by atoms with Crippen molar-refractivity contribution in [1.82, 2.24) is 14.5 Å². The van der Waals surface area contributed by atoms with Gasteiger partial charge >= 0.3 is 11.7 Å². The smallest absolute Gasteiger partial charge is 0.327 e. The lowest BCUT2D eigenvalue weighted by atomic mass is 9.95. The second-order valence-electron chi connectivity index (χ2n) is 6.69. The number of amides is 2. The zero-order valence-corrected chi connectivity index (χ0v) is 15.5. The van der Waals surface area contributed by atoms with Gasteiger partial charge in [-0.15, -0.1) is 0 Å². The van der Waals surface area contributed by atoms with E-state index in [9.17, 15) is 14.4 Å². The Bertz CT molecular complexity index is 954. The monoisotopic (exact) mass is 356 g/mol. The molecule has 1 aromatic carbocycles. The Morgan fingerprint density at radius 1 is 1.00 bits per heavy atom. The van der Waals surface area contributed by atoms with E-state index in [4.69, 9.17) is 0 Å². The Hall–Kier alpha value is -2.83. The molecule has 138 valence electrons. The van der Waals surface area contributed by atoms with Gasteiger partial charge in [0.05, 0.1) is 11.6 Å². The van der Waals surface area contributed by atoms with Crippen LogP contribution in [0.1, 0.15) is 56.3 Å². The number of carbonyl (C=O) groups is 1. The van der Waals surface area contributed by atoms with Crippen molar-refractivity contribution >= 4 is 11.8 Å². The van der Waals surface area contributed by atoms with E-state index in [0.717, 1.165) is 5.56 Å². The first-order chi connectivity index (χ1) is 12.4. The Morgan fingerprint density at radius 2 is 1.62 bits per heavy atom. The van der Waals surface area contributed by atoms with Gasteiger partial charge in [0, 0.05) is 13.1 Å². The molecular weight excluding hydrogens is 332 g/mol. The number of hydrogen-bond donors (Lipinski definition) is 2. The zero-order valence-electron chi connectivity index (χ0n) is 15.5. The summed E-state index contributed by atoms with van der Waals surface area (Å²) in [5, 5.41) is 5.46. The number of aromatic nitrogens is 2. The van der Waals surface area contributed by atoms with E-state index in [1.165, 1.54) is 14.7 Å². The summed E-state index contributed by atoms with van der Waals surface area (Å²) in [5.74, 6) is 0.676. The molecule has 2 heterocycles. The average Bonchev–Trinajstić information content (AvgIpc) is 2.61. The second kappa shape index (κ2) is 6.82. The molecular formula is C19H24N4O3. The molecule has 2 N–H and O–H groups in total. The molecule has 0 fully saturated rings. The fourth-order valence-corrected chi connectivity index (χ4v) is 3.36. The van der Waals surface area contributed by atoms with Gasteiger partial charge in [0.1, 0.15) is 5.82 Å². The van der Waals surface area contributed by atoms with Crippen LogP contribution < -0.4 is 21.9 Å². The summed E-state index contributed by atoms with van der Waals surface area (Å²) in [6.07, 6.45) is 0. The number of rotatable bonds is 4. The van der Waals surface area contributed by atoms with Crippen molar-refractivity contribution in [1.29, 1.82) is 0 Å². The van der Waals surface area contributed by atoms with Gasteiger partial charge in [-0.25, -0.2) is 9.59 Å². The molecule has 26 heavy (non-hydrogen) atoms. The lowest BCUT2D eigenvalue weighted by Gasteiger charge is -2.29. The SMILES string of the molecule is CCn1c2c(c(=O)n(CC)c1=O)C(c1ccc(C(C)C)cc1)NC(=O)N2. The van der Waals surface area contributed by atoms with Crippen molar-refractivity contribution in [2.75, 3.05) is 5.32 Å². The van der Waals surface area contributed by atoms with Gasteiger partial charge in [-0.05, 0) is 30.9 Å². The maximum absolute atomic E-state index is 13.0. The normalized spacial score (nSPS) is 16.2. The number of hydrogen-bond acceptors (Lipinski definition) is 3. The summed E-state index contributed by atoms with van der Waals surface area (Å²) in [7, 11) is 0. The molecule has 0 bridgehead atoms. The quantitative estimate of drug-likeness (QED) is 0.882. The molecule has 2 amide bonds. The van der Waals surface area contributed by atoms with E-state index in [1.54, 1.807) is 6.92 Å². The molecule has 1 aliphatic rings. The minimum Gasteiger partial charge on any atom is -0.327 e. The third-order valence-electron chi connectivity index (χ3n) is 4.83. The van der Waals surface area contributed by atoms with E-state index in [2.05, 4.69) is 24.5 Å². The number of nitrogens with zero attached hydrogens (tertiary/aromatic N) is 2. The Labute approximate surface area is 151 Å². The summed E-state index contributed by atoms with van der Waals surface area (Å²) < 4.78 is 2.64. The van der Waals surface area contributed by atoms with Crippen LogP contribution >= 0.6 is 0 Å². The Balaban J connectivity index is 2.24. The minimum atomic E-state index is -0.594. The van der Waals surface area contributed by atoms with Crippen molar-refractivity contribution < 1.29 is 4.79 Å². The van der Waals surface area contributed by atoms with Crippen LogP contribution in [0.25, 0.3) is 0 Å². The fraction of sp³-hybridized carbons (Fsp3) is 0.421. The number of benzene rings is 1. The maximum Gasteiger partial charge on any atom is 0.332 e. The average molecular weight is 356 g/mol. The van der Waals surface area contributed by atoms with Gasteiger partial charge in [-0.1, -0.05) is 38.1 Å². The first kappa shape index (κ1) is 18.0. The van der Waals surface area contributed by atoms with Crippen LogP contribution in [0.2, 0.25) is 0 Å². The van der Waals surface area contributed by atoms with Crippen LogP contribution in [0.15, 0.2) is 33.9 Å². The van der Waals surface area contributed by atoms with Crippen molar-refractivity contribution in [2.45, 2.75) is 52.7 Å². The molecule has 1 aromatic heterocycles. The number of urea groups is 1. The van der Waals surface area contributed by atoms with Crippen molar-refractivity contribution in [3.8, 4) is 0 Å². The summed E-state index contributed by atoms with van der Waals surface area (Å²) in [6.45, 7) is 8.43. The predicted molar refractivity (Wildman–Crippen MR) is 101 cm³/mol. The largest absolute Gasteiger partial charge is 0.332 e. The second-order valence-corrected chi connectivity index (χ2v) is 6.69. The van der Waals surface area contributed by atoms with Crippen LogP contribution in [0.3, 0.4) is 0 Å². The molecule has 1 aliphatic heterocycles. The molecule has 7 nitrogen and oxygen atoms in total. The highest BCUT2D eigenvalue weighted by Crippen LogP contribution is 2.29. The van der Waals surface area contributed by atoms with E-state index in [-0.39, 0.29) is 17.9 Å². The molecule has 0 saturated heterocycles. The topological polar surface area (TPSA) is 85.1 Å². The minimum absolute atomic E-state index is 0.276. The third kappa shape index (κ3) is 2.83. The first-order valence-corrected chi connectivity index (χ1v) is 8.93. The van der Waals surface area contributed by atoms with Gasteiger partial charge in [0.2, 0.25) is 0 Å². The van der Waals surface area contributed by atoms with Crippen molar-refractivity contribution in [2.24, 2.45) is 0 Å². The third-order valence-corrected chi connectivity index (χ3v) is 4.83. The number of carbonyl (C=O) groups excluding carboxylic acids is 1. The molecule has 3 rings (SSSR count). The van der Waals surface area contributed by atoms with E-state index >= 15 is 0 Å². The van der Waals surface area contributed by atoms with Crippen LogP contribution in [0.5, 0.6) is 0 Å². The zero-order chi connectivity index (χ0) is 19.0. The maximum atomic E-state index is 13.0. The molecule has 2 aromatic rings. The standard InChI is InChI=1S/C19H24N4O3/c1-5-22-16-14(17(24)23(6-2)19(22)26)15(20-18(25)21-16)13-9-7-12(8-10-13)11(3)4/h7-11,15H,5-6H2,1-4H3,(H2,20,21,25). The fourth-order valence-electron chi connectivity index (χ4n) is 3.36. The van der Waals surface area contributed by atoms with Crippen molar-refractivity contribution in [3.05, 3.63) is 61.8 Å². The molecule has 0 aliphatic carbocycles. The summed E-state index contributed by atoms with van der Waals surface area (Å²) in [5.41, 5.74) is 1.60. The highest BCUT2D eigenvalue weighted by Gasteiger charge is 2.32. The molecule has 1 atom stereocenters.